The molecule has 3 rings (SSSR count). The van der Waals surface area contributed by atoms with Crippen LogP contribution in [0.15, 0.2) is 29.3 Å². The summed E-state index contributed by atoms with van der Waals surface area (Å²) in [7, 11) is 1.71. The van der Waals surface area contributed by atoms with Gasteiger partial charge in [0.2, 0.25) is 0 Å². The van der Waals surface area contributed by atoms with E-state index in [0.717, 1.165) is 61.6 Å². The van der Waals surface area contributed by atoms with E-state index in [1.807, 2.05) is 22.9 Å². The van der Waals surface area contributed by atoms with Gasteiger partial charge in [0.1, 0.15) is 0 Å². The van der Waals surface area contributed by atoms with Crippen molar-refractivity contribution in [1.82, 2.24) is 20.0 Å². The van der Waals surface area contributed by atoms with E-state index in [4.69, 9.17) is 21.3 Å². The highest BCUT2D eigenvalue weighted by molar-refractivity contribution is 14.0. The minimum atomic E-state index is 0. The van der Waals surface area contributed by atoms with E-state index < -0.39 is 0 Å². The van der Waals surface area contributed by atoms with Gasteiger partial charge in [-0.3, -0.25) is 4.68 Å². The van der Waals surface area contributed by atoms with Crippen LogP contribution in [0, 0.1) is 13.8 Å². The molecule has 1 aliphatic rings. The minimum absolute atomic E-state index is 0. The van der Waals surface area contributed by atoms with Gasteiger partial charge in [0.05, 0.1) is 25.4 Å². The average Bonchev–Trinajstić information content (AvgIpc) is 3.02. The molecule has 9 heteroatoms. The maximum atomic E-state index is 6.16. The Bertz CT molecular complexity index is 864. The third-order valence-corrected chi connectivity index (χ3v) is 5.75. The van der Waals surface area contributed by atoms with Gasteiger partial charge >= 0.3 is 0 Å². The number of hydrogen-bond acceptors (Lipinski definition) is 4. The molecule has 1 aromatic carbocycles. The molecule has 0 atom stereocenters. The van der Waals surface area contributed by atoms with Gasteiger partial charge in [-0.1, -0.05) is 17.7 Å². The number of rotatable bonds is 7. The lowest BCUT2D eigenvalue weighted by Gasteiger charge is -2.37. The second kappa shape index (κ2) is 12.5. The standard InChI is InChI=1S/C22H33ClN6O.HI/c1-5-24-22(25-16-21-17(2)26-29(18(21)3)13-14-30-4)28-11-9-27(10-12-28)20-8-6-7-19(23)15-20;/h6-8,15H,5,9-14,16H2,1-4H3,(H,24,25);1H. The summed E-state index contributed by atoms with van der Waals surface area (Å²) in [5.41, 5.74) is 4.57. The number of guanidine groups is 1. The predicted molar refractivity (Wildman–Crippen MR) is 139 cm³/mol. The summed E-state index contributed by atoms with van der Waals surface area (Å²) in [5, 5.41) is 8.89. The van der Waals surface area contributed by atoms with Crippen molar-refractivity contribution in [1.29, 1.82) is 0 Å². The molecule has 2 aromatic rings. The zero-order valence-corrected chi connectivity index (χ0v) is 22.0. The summed E-state index contributed by atoms with van der Waals surface area (Å²) < 4.78 is 7.20. The highest BCUT2D eigenvalue weighted by atomic mass is 127. The second-order valence-corrected chi connectivity index (χ2v) is 7.93. The van der Waals surface area contributed by atoms with E-state index in [-0.39, 0.29) is 24.0 Å². The van der Waals surface area contributed by atoms with Gasteiger partial charge in [0.15, 0.2) is 5.96 Å². The number of nitrogens with one attached hydrogen (secondary N) is 1. The normalized spacial score (nSPS) is 14.5. The van der Waals surface area contributed by atoms with Crippen molar-refractivity contribution in [3.8, 4) is 0 Å². The monoisotopic (exact) mass is 560 g/mol. The van der Waals surface area contributed by atoms with Crippen molar-refractivity contribution in [2.75, 3.05) is 51.3 Å². The number of aryl methyl sites for hydroxylation is 1. The molecule has 1 aromatic heterocycles. The number of nitrogens with zero attached hydrogens (tertiary/aromatic N) is 5. The lowest BCUT2D eigenvalue weighted by molar-refractivity contribution is 0.182. The minimum Gasteiger partial charge on any atom is -0.383 e. The zero-order valence-electron chi connectivity index (χ0n) is 18.9. The van der Waals surface area contributed by atoms with Gasteiger partial charge in [-0.25, -0.2) is 4.99 Å². The van der Waals surface area contributed by atoms with Crippen LogP contribution in [0.3, 0.4) is 0 Å². The molecule has 0 spiro atoms. The number of aromatic nitrogens is 2. The average molecular weight is 561 g/mol. The van der Waals surface area contributed by atoms with Crippen LogP contribution in [0.25, 0.3) is 0 Å². The third kappa shape index (κ3) is 6.73. The summed E-state index contributed by atoms with van der Waals surface area (Å²) in [4.78, 5) is 9.65. The molecule has 1 aliphatic heterocycles. The van der Waals surface area contributed by atoms with Crippen LogP contribution in [0.1, 0.15) is 23.9 Å². The first-order valence-electron chi connectivity index (χ1n) is 10.6. The van der Waals surface area contributed by atoms with E-state index in [1.165, 1.54) is 11.3 Å². The summed E-state index contributed by atoms with van der Waals surface area (Å²) >= 11 is 6.16. The molecule has 0 radical (unpaired) electrons. The van der Waals surface area contributed by atoms with Crippen LogP contribution in [-0.4, -0.2) is 67.1 Å². The fourth-order valence-corrected chi connectivity index (χ4v) is 3.97. The van der Waals surface area contributed by atoms with E-state index in [9.17, 15) is 0 Å². The van der Waals surface area contributed by atoms with Crippen molar-refractivity contribution in [3.63, 3.8) is 0 Å². The van der Waals surface area contributed by atoms with E-state index in [0.29, 0.717) is 13.2 Å². The maximum absolute atomic E-state index is 6.16. The van der Waals surface area contributed by atoms with Crippen LogP contribution in [0.5, 0.6) is 0 Å². The molecule has 1 saturated heterocycles. The predicted octanol–water partition coefficient (Wildman–Crippen LogP) is 3.71. The van der Waals surface area contributed by atoms with Crippen LogP contribution < -0.4 is 10.2 Å². The smallest absolute Gasteiger partial charge is 0.194 e. The number of ether oxygens (including phenoxy) is 1. The number of methoxy groups -OCH3 is 1. The van der Waals surface area contributed by atoms with Gasteiger partial charge < -0.3 is 19.9 Å². The molecule has 0 saturated carbocycles. The second-order valence-electron chi connectivity index (χ2n) is 7.49. The molecular weight excluding hydrogens is 527 g/mol. The first-order valence-corrected chi connectivity index (χ1v) is 11.0. The van der Waals surface area contributed by atoms with Gasteiger partial charge in [-0.05, 0) is 39.0 Å². The van der Waals surface area contributed by atoms with Crippen LogP contribution in [0.2, 0.25) is 5.02 Å². The van der Waals surface area contributed by atoms with Crippen molar-refractivity contribution >= 4 is 47.2 Å². The fraction of sp³-hybridized carbons (Fsp3) is 0.545. The van der Waals surface area contributed by atoms with Crippen molar-refractivity contribution in [2.24, 2.45) is 4.99 Å². The Morgan fingerprint density at radius 1 is 1.23 bits per heavy atom. The van der Waals surface area contributed by atoms with Gasteiger partial charge in [0.25, 0.3) is 0 Å². The Balaban J connectivity index is 0.00000341. The Morgan fingerprint density at radius 2 is 1.97 bits per heavy atom. The van der Waals surface area contributed by atoms with E-state index in [1.54, 1.807) is 7.11 Å². The van der Waals surface area contributed by atoms with Gasteiger partial charge in [0, 0.05) is 61.8 Å². The van der Waals surface area contributed by atoms with Crippen molar-refractivity contribution in [3.05, 3.63) is 46.2 Å². The topological polar surface area (TPSA) is 57.9 Å². The number of aliphatic imine (C=N–C) groups is 1. The van der Waals surface area contributed by atoms with Crippen LogP contribution in [0.4, 0.5) is 5.69 Å². The Labute approximate surface area is 207 Å². The number of hydrogen-bond donors (Lipinski definition) is 1. The zero-order chi connectivity index (χ0) is 21.5. The molecule has 172 valence electrons. The molecule has 0 unspecified atom stereocenters. The summed E-state index contributed by atoms with van der Waals surface area (Å²) in [6.45, 7) is 12.9. The lowest BCUT2D eigenvalue weighted by Crippen LogP contribution is -2.52. The van der Waals surface area contributed by atoms with Gasteiger partial charge in [-0.2, -0.15) is 5.10 Å². The molecule has 7 nitrogen and oxygen atoms in total. The Morgan fingerprint density at radius 3 is 2.61 bits per heavy atom. The molecule has 0 bridgehead atoms. The molecule has 1 N–H and O–H groups in total. The van der Waals surface area contributed by atoms with E-state index in [2.05, 4.69) is 47.1 Å². The van der Waals surface area contributed by atoms with E-state index >= 15 is 0 Å². The van der Waals surface area contributed by atoms with Crippen LogP contribution in [-0.2, 0) is 17.8 Å². The number of benzene rings is 1. The number of halogens is 2. The fourth-order valence-electron chi connectivity index (χ4n) is 3.79. The third-order valence-electron chi connectivity index (χ3n) is 5.51. The van der Waals surface area contributed by atoms with Crippen molar-refractivity contribution < 1.29 is 4.74 Å². The molecule has 0 amide bonds. The molecule has 2 heterocycles. The number of anilines is 1. The Kier molecular flexibility index (Phi) is 10.4. The van der Waals surface area contributed by atoms with Gasteiger partial charge in [-0.15, -0.1) is 24.0 Å². The highest BCUT2D eigenvalue weighted by Crippen LogP contribution is 2.21. The Hall–Kier alpha value is -1.52. The van der Waals surface area contributed by atoms with Crippen LogP contribution >= 0.6 is 35.6 Å². The SMILES string of the molecule is CCNC(=NCc1c(C)nn(CCOC)c1C)N1CCN(c2cccc(Cl)c2)CC1.I. The first-order chi connectivity index (χ1) is 14.5. The number of piperazine rings is 1. The molecule has 0 aliphatic carbocycles. The largest absolute Gasteiger partial charge is 0.383 e. The maximum Gasteiger partial charge on any atom is 0.194 e. The lowest BCUT2D eigenvalue weighted by atomic mass is 10.2. The highest BCUT2D eigenvalue weighted by Gasteiger charge is 2.20. The molecule has 1 fully saturated rings. The quantitative estimate of drug-likeness (QED) is 0.318. The van der Waals surface area contributed by atoms with Crippen molar-refractivity contribution in [2.45, 2.75) is 33.9 Å². The summed E-state index contributed by atoms with van der Waals surface area (Å²) in [6, 6.07) is 8.07. The summed E-state index contributed by atoms with van der Waals surface area (Å²) in [6.07, 6.45) is 0. The molecule has 31 heavy (non-hydrogen) atoms. The summed E-state index contributed by atoms with van der Waals surface area (Å²) in [5.74, 6) is 0.965. The first kappa shape index (κ1) is 25.7. The molecular formula is C22H34ClIN6O.